The number of ether oxygens (including phenoxy) is 8. The maximum absolute atomic E-state index is 12.4. The lowest BCUT2D eigenvalue weighted by Crippen LogP contribution is -2.69. The van der Waals surface area contributed by atoms with Gasteiger partial charge in [0.1, 0.15) is 122 Å². The summed E-state index contributed by atoms with van der Waals surface area (Å²) in [6.07, 6.45) is -39.3. The van der Waals surface area contributed by atoms with Crippen LogP contribution < -0.4 is 10.6 Å². The molecule has 23 atom stereocenters. The van der Waals surface area contributed by atoms with Crippen LogP contribution in [0.1, 0.15) is 13.8 Å². The summed E-state index contributed by atoms with van der Waals surface area (Å²) in [7, 11) is 0. The predicted octanol–water partition coefficient (Wildman–Crippen LogP) is -11.2. The Kier molecular flexibility index (Phi) is 18.8. The van der Waals surface area contributed by atoms with Crippen LogP contribution in [-0.4, -0.2) is 264 Å². The number of carbonyl (C=O) groups excluding carboxylic acids is 3. The third-order valence-corrected chi connectivity index (χ3v) is 10.3. The van der Waals surface area contributed by atoms with Gasteiger partial charge in [0.2, 0.25) is 11.8 Å². The molecular weight excluding hydrogens is 824 g/mol. The quantitative estimate of drug-likeness (QED) is 0.0568. The zero-order valence-electron chi connectivity index (χ0n) is 32.1. The molecule has 0 radical (unpaired) electrons. The number of aliphatic hydroxyl groups excluding tert-OH is 14. The lowest BCUT2D eigenvalue weighted by atomic mass is 9.94. The lowest BCUT2D eigenvalue weighted by Gasteiger charge is -2.49. The van der Waals surface area contributed by atoms with Gasteiger partial charge >= 0.3 is 0 Å². The molecule has 2 amide bonds. The normalized spacial score (nSPS) is 43.3. The Morgan fingerprint density at radius 1 is 0.683 bits per heavy atom. The maximum Gasteiger partial charge on any atom is 0.217 e. The van der Waals surface area contributed by atoms with E-state index in [1.54, 1.807) is 0 Å². The summed E-state index contributed by atoms with van der Waals surface area (Å²) >= 11 is 0. The number of aldehydes is 1. The summed E-state index contributed by atoms with van der Waals surface area (Å²) in [5.41, 5.74) is 0. The second-order valence-corrected chi connectivity index (χ2v) is 14.7. The second kappa shape index (κ2) is 22.4. The van der Waals surface area contributed by atoms with Crippen molar-refractivity contribution in [3.8, 4) is 0 Å². The Morgan fingerprint density at radius 3 is 1.85 bits per heavy atom. The molecular formula is C33H56N2O25. The van der Waals surface area contributed by atoms with Crippen molar-refractivity contribution in [2.24, 2.45) is 0 Å². The van der Waals surface area contributed by atoms with E-state index >= 15 is 0 Å². The minimum Gasteiger partial charge on any atom is -0.394 e. The molecule has 4 aliphatic heterocycles. The number of aliphatic hydroxyl groups is 14. The Morgan fingerprint density at radius 2 is 1.27 bits per heavy atom. The zero-order chi connectivity index (χ0) is 44.7. The molecule has 0 aliphatic carbocycles. The summed E-state index contributed by atoms with van der Waals surface area (Å²) in [6, 6.07) is -3.49. The van der Waals surface area contributed by atoms with E-state index in [9.17, 15) is 85.9 Å². The molecule has 0 saturated carbocycles. The molecule has 348 valence electrons. The zero-order valence-corrected chi connectivity index (χ0v) is 32.1. The molecule has 4 aliphatic rings. The number of amides is 2. The molecule has 0 aromatic carbocycles. The molecule has 0 unspecified atom stereocenters. The molecule has 4 heterocycles. The van der Waals surface area contributed by atoms with Crippen LogP contribution in [0, 0.1) is 0 Å². The van der Waals surface area contributed by atoms with E-state index in [1.807, 2.05) is 0 Å². The van der Waals surface area contributed by atoms with Gasteiger partial charge in [-0.3, -0.25) is 9.59 Å². The Hall–Kier alpha value is -2.27. The molecule has 0 spiro atoms. The van der Waals surface area contributed by atoms with E-state index < -0.39 is 186 Å². The first-order chi connectivity index (χ1) is 28.3. The minimum atomic E-state index is -2.11. The molecule has 4 fully saturated rings. The molecule has 27 nitrogen and oxygen atoms in total. The van der Waals surface area contributed by atoms with Crippen LogP contribution in [0.4, 0.5) is 0 Å². The highest BCUT2D eigenvalue weighted by Crippen LogP contribution is 2.34. The molecule has 27 heteroatoms. The van der Waals surface area contributed by atoms with Crippen LogP contribution in [-0.2, 0) is 52.3 Å². The van der Waals surface area contributed by atoms with Gasteiger partial charge in [-0.25, -0.2) is 0 Å². The SMILES string of the molecule is CC(=O)N[C@H]1[C@H](O[C@@H]([C@H](O)[C@H](C=O)NC(C)=O)[C@H](O)CO)O[C@H](CO)[C@@H](O[C@@H]2O[C@H](CO[C@H]3O[C@H](CO)[C@@H](O)[C@H](O)[C@@H]3O)[C@@H](O)[C@H](O)[C@@H]2O[C@@H]2OC[C@@H](O)[C@H](O)[C@H]2O)[C@@H]1O. The van der Waals surface area contributed by atoms with Crippen LogP contribution in [0.2, 0.25) is 0 Å². The first-order valence-electron chi connectivity index (χ1n) is 18.8. The molecule has 16 N–H and O–H groups in total. The molecule has 0 aromatic rings. The molecule has 4 rings (SSSR count). The van der Waals surface area contributed by atoms with Gasteiger partial charge in [-0.2, -0.15) is 0 Å². The summed E-state index contributed by atoms with van der Waals surface area (Å²) in [6.45, 7) is -2.34. The third kappa shape index (κ3) is 11.6. The van der Waals surface area contributed by atoms with E-state index in [4.69, 9.17) is 37.9 Å². The van der Waals surface area contributed by atoms with Crippen molar-refractivity contribution in [2.45, 2.75) is 155 Å². The first kappa shape index (κ1) is 50.4. The van der Waals surface area contributed by atoms with Gasteiger partial charge in [0.25, 0.3) is 0 Å². The Balaban J connectivity index is 1.64. The van der Waals surface area contributed by atoms with Gasteiger partial charge in [-0.15, -0.1) is 0 Å². The van der Waals surface area contributed by atoms with Crippen LogP contribution >= 0.6 is 0 Å². The number of hydrogen-bond donors (Lipinski definition) is 16. The van der Waals surface area contributed by atoms with Crippen LogP contribution in [0.5, 0.6) is 0 Å². The highest BCUT2D eigenvalue weighted by Gasteiger charge is 2.55. The van der Waals surface area contributed by atoms with E-state index in [-0.39, 0.29) is 6.29 Å². The van der Waals surface area contributed by atoms with Gasteiger partial charge < -0.3 is 125 Å². The molecule has 0 aromatic heterocycles. The maximum atomic E-state index is 12.4. The Bertz CT molecular complexity index is 1370. The van der Waals surface area contributed by atoms with Crippen molar-refractivity contribution in [1.82, 2.24) is 10.6 Å². The third-order valence-electron chi connectivity index (χ3n) is 10.3. The average Bonchev–Trinajstić information content (AvgIpc) is 3.21. The minimum absolute atomic E-state index is 0.102. The van der Waals surface area contributed by atoms with Crippen molar-refractivity contribution in [3.05, 3.63) is 0 Å². The van der Waals surface area contributed by atoms with Crippen LogP contribution in [0.15, 0.2) is 0 Å². The van der Waals surface area contributed by atoms with Crippen molar-refractivity contribution in [2.75, 3.05) is 33.0 Å². The van der Waals surface area contributed by atoms with Gasteiger partial charge in [-0.1, -0.05) is 0 Å². The second-order valence-electron chi connectivity index (χ2n) is 14.7. The highest BCUT2D eigenvalue weighted by atomic mass is 16.8. The summed E-state index contributed by atoms with van der Waals surface area (Å²) in [4.78, 5) is 35.8. The van der Waals surface area contributed by atoms with E-state index in [2.05, 4.69) is 10.6 Å². The Labute approximate surface area is 340 Å². The average molecular weight is 881 g/mol. The van der Waals surface area contributed by atoms with E-state index in [0.717, 1.165) is 13.8 Å². The standard InChI is InChI=1S/C33H56N2O25/c1-9(40)34-11(3-36)18(44)27(12(42)4-37)58-30-17(35-10(2)41)22(48)28(15(6-39)56-30)59-33-29(60-32-25(51)19(45)13(43)7-53-32)24(50)21(47)16(57-33)8-54-31-26(52)23(49)20(46)14(5-38)55-31/h3,11-33,37-39,42-52H,4-8H2,1-2H3,(H,34,40)(H,35,41)/t11-,12+,13+,14+,15+,16+,17+,18+,19-,20+,21+,22+,23-,24-,25+,26-,27+,28+,29-,30-,31-,32-,33-/m0/s1. The highest BCUT2D eigenvalue weighted by molar-refractivity contribution is 5.77. The topological polar surface area (TPSA) is 432 Å². The molecule has 4 saturated heterocycles. The predicted molar refractivity (Wildman–Crippen MR) is 185 cm³/mol. The summed E-state index contributed by atoms with van der Waals surface area (Å²) in [5, 5.41) is 151. The van der Waals surface area contributed by atoms with Gasteiger partial charge in [0.05, 0.1) is 33.0 Å². The summed E-state index contributed by atoms with van der Waals surface area (Å²) < 4.78 is 45.1. The molecule has 60 heavy (non-hydrogen) atoms. The van der Waals surface area contributed by atoms with Gasteiger partial charge in [0.15, 0.2) is 25.2 Å². The van der Waals surface area contributed by atoms with Crippen molar-refractivity contribution < 1.29 is 124 Å². The smallest absolute Gasteiger partial charge is 0.217 e. The largest absolute Gasteiger partial charge is 0.394 e. The van der Waals surface area contributed by atoms with Crippen LogP contribution in [0.3, 0.4) is 0 Å². The number of nitrogens with one attached hydrogen (secondary N) is 2. The van der Waals surface area contributed by atoms with Gasteiger partial charge in [0, 0.05) is 13.8 Å². The van der Waals surface area contributed by atoms with Crippen molar-refractivity contribution >= 4 is 18.1 Å². The number of rotatable bonds is 18. The van der Waals surface area contributed by atoms with Crippen LogP contribution in [0.25, 0.3) is 0 Å². The number of hydrogen-bond acceptors (Lipinski definition) is 25. The molecule has 0 bridgehead atoms. The lowest BCUT2D eigenvalue weighted by molar-refractivity contribution is -0.384. The van der Waals surface area contributed by atoms with E-state index in [0.29, 0.717) is 0 Å². The first-order valence-corrected chi connectivity index (χ1v) is 18.8. The fraction of sp³-hybridized carbons (Fsp3) is 0.909. The summed E-state index contributed by atoms with van der Waals surface area (Å²) in [5.74, 6) is -1.63. The monoisotopic (exact) mass is 880 g/mol. The van der Waals surface area contributed by atoms with E-state index in [1.165, 1.54) is 0 Å². The number of carbonyl (C=O) groups is 3. The fourth-order valence-electron chi connectivity index (χ4n) is 6.94. The van der Waals surface area contributed by atoms with Gasteiger partial charge in [-0.05, 0) is 0 Å². The van der Waals surface area contributed by atoms with Crippen molar-refractivity contribution in [3.63, 3.8) is 0 Å². The fourth-order valence-corrected chi connectivity index (χ4v) is 6.94. The van der Waals surface area contributed by atoms with Crippen molar-refractivity contribution in [1.29, 1.82) is 0 Å².